The average Bonchev–Trinajstić information content (AvgIpc) is 2.94. The van der Waals surface area contributed by atoms with E-state index < -0.39 is 0 Å². The number of nitrogens with one attached hydrogen (secondary N) is 1. The van der Waals surface area contributed by atoms with Crippen molar-refractivity contribution in [3.05, 3.63) is 35.4 Å². The molecule has 3 nitrogen and oxygen atoms in total. The number of hydrogen-bond donors (Lipinski definition) is 1. The first-order valence-electron chi connectivity index (χ1n) is 7.01. The number of nitrogens with zero attached hydrogens (tertiary/aromatic N) is 1. The molecule has 1 atom stereocenters. The minimum absolute atomic E-state index is 0.618. The van der Waals surface area contributed by atoms with E-state index in [-0.39, 0.29) is 0 Å². The maximum Gasteiger partial charge on any atom is 0.0535 e. The van der Waals surface area contributed by atoms with Crippen LogP contribution in [0.25, 0.3) is 0 Å². The van der Waals surface area contributed by atoms with Crippen molar-refractivity contribution in [2.45, 2.75) is 18.9 Å². The summed E-state index contributed by atoms with van der Waals surface area (Å²) in [5.74, 6) is 0.618. The lowest BCUT2D eigenvalue weighted by Crippen LogP contribution is -2.42. The Labute approximate surface area is 109 Å². The zero-order valence-electron chi connectivity index (χ0n) is 10.9. The molecule has 2 fully saturated rings. The van der Waals surface area contributed by atoms with Crippen LogP contribution in [-0.4, -0.2) is 44.3 Å². The van der Waals surface area contributed by atoms with Crippen LogP contribution >= 0.6 is 0 Å². The third kappa shape index (κ3) is 2.91. The summed E-state index contributed by atoms with van der Waals surface area (Å²) < 4.78 is 5.48. The SMILES string of the molecule is c1cc(CN2CCNCC2)cc(C2CCOC2)c1. The molecule has 0 saturated carbocycles. The van der Waals surface area contributed by atoms with Crippen LogP contribution in [0.5, 0.6) is 0 Å². The van der Waals surface area contributed by atoms with Crippen molar-refractivity contribution in [1.82, 2.24) is 10.2 Å². The van der Waals surface area contributed by atoms with Gasteiger partial charge in [0.1, 0.15) is 0 Å². The largest absolute Gasteiger partial charge is 0.381 e. The van der Waals surface area contributed by atoms with E-state index in [0.717, 1.165) is 45.9 Å². The van der Waals surface area contributed by atoms with Crippen LogP contribution in [-0.2, 0) is 11.3 Å². The Kier molecular flexibility index (Phi) is 3.93. The molecule has 0 amide bonds. The van der Waals surface area contributed by atoms with Crippen molar-refractivity contribution >= 4 is 0 Å². The molecule has 1 unspecified atom stereocenters. The van der Waals surface area contributed by atoms with E-state index in [2.05, 4.69) is 34.5 Å². The predicted molar refractivity (Wildman–Crippen MR) is 72.8 cm³/mol. The fourth-order valence-electron chi connectivity index (χ4n) is 2.87. The van der Waals surface area contributed by atoms with Gasteiger partial charge in [0.15, 0.2) is 0 Å². The van der Waals surface area contributed by atoms with E-state index in [0.29, 0.717) is 5.92 Å². The molecule has 2 aliphatic heterocycles. The summed E-state index contributed by atoms with van der Waals surface area (Å²) in [5, 5.41) is 3.40. The van der Waals surface area contributed by atoms with E-state index in [4.69, 9.17) is 4.74 Å². The Morgan fingerprint density at radius 1 is 1.28 bits per heavy atom. The molecule has 2 saturated heterocycles. The molecule has 0 radical (unpaired) electrons. The van der Waals surface area contributed by atoms with Gasteiger partial charge in [-0.15, -0.1) is 0 Å². The molecule has 18 heavy (non-hydrogen) atoms. The first-order valence-corrected chi connectivity index (χ1v) is 7.01. The third-order valence-corrected chi connectivity index (χ3v) is 3.97. The normalized spacial score (nSPS) is 25.4. The van der Waals surface area contributed by atoms with Crippen molar-refractivity contribution in [2.24, 2.45) is 0 Å². The zero-order chi connectivity index (χ0) is 12.2. The smallest absolute Gasteiger partial charge is 0.0535 e. The first kappa shape index (κ1) is 12.2. The number of piperazine rings is 1. The fourth-order valence-corrected chi connectivity index (χ4v) is 2.87. The molecular formula is C15H22N2O. The van der Waals surface area contributed by atoms with Gasteiger partial charge in [-0.1, -0.05) is 24.3 Å². The van der Waals surface area contributed by atoms with E-state index in [1.165, 1.54) is 17.5 Å². The summed E-state index contributed by atoms with van der Waals surface area (Å²) in [6.45, 7) is 7.48. The second-order valence-corrected chi connectivity index (χ2v) is 5.33. The molecule has 3 heteroatoms. The van der Waals surface area contributed by atoms with Crippen LogP contribution in [0.3, 0.4) is 0 Å². The number of ether oxygens (including phenoxy) is 1. The fraction of sp³-hybridized carbons (Fsp3) is 0.600. The molecule has 0 aromatic heterocycles. The lowest BCUT2D eigenvalue weighted by atomic mass is 9.96. The minimum atomic E-state index is 0.618. The standard InChI is InChI=1S/C15H22N2O/c1-2-13(11-17-7-5-16-6-8-17)10-14(3-1)15-4-9-18-12-15/h1-3,10,15-16H,4-9,11-12H2. The van der Waals surface area contributed by atoms with Crippen LogP contribution in [0.1, 0.15) is 23.5 Å². The van der Waals surface area contributed by atoms with Crippen molar-refractivity contribution in [2.75, 3.05) is 39.4 Å². The van der Waals surface area contributed by atoms with Crippen LogP contribution in [0, 0.1) is 0 Å². The van der Waals surface area contributed by atoms with Crippen molar-refractivity contribution < 1.29 is 4.74 Å². The lowest BCUT2D eigenvalue weighted by Gasteiger charge is -2.27. The topological polar surface area (TPSA) is 24.5 Å². The van der Waals surface area contributed by atoms with Crippen LogP contribution in [0.2, 0.25) is 0 Å². The molecule has 1 aromatic rings. The van der Waals surface area contributed by atoms with Gasteiger partial charge in [0, 0.05) is 45.2 Å². The summed E-state index contributed by atoms with van der Waals surface area (Å²) in [6.07, 6.45) is 1.18. The van der Waals surface area contributed by atoms with E-state index in [9.17, 15) is 0 Å². The van der Waals surface area contributed by atoms with Gasteiger partial charge in [0.25, 0.3) is 0 Å². The van der Waals surface area contributed by atoms with E-state index >= 15 is 0 Å². The van der Waals surface area contributed by atoms with Gasteiger partial charge in [-0.3, -0.25) is 4.90 Å². The number of hydrogen-bond acceptors (Lipinski definition) is 3. The molecule has 1 N–H and O–H groups in total. The minimum Gasteiger partial charge on any atom is -0.381 e. The Morgan fingerprint density at radius 2 is 2.17 bits per heavy atom. The molecule has 2 heterocycles. The average molecular weight is 246 g/mol. The van der Waals surface area contributed by atoms with Crippen LogP contribution in [0.4, 0.5) is 0 Å². The maximum atomic E-state index is 5.48. The second-order valence-electron chi connectivity index (χ2n) is 5.33. The number of benzene rings is 1. The molecule has 0 bridgehead atoms. The third-order valence-electron chi connectivity index (χ3n) is 3.97. The molecule has 98 valence electrons. The zero-order valence-corrected chi connectivity index (χ0v) is 10.9. The van der Waals surface area contributed by atoms with Crippen molar-refractivity contribution in [3.63, 3.8) is 0 Å². The molecule has 2 aliphatic rings. The summed E-state index contributed by atoms with van der Waals surface area (Å²) in [7, 11) is 0. The van der Waals surface area contributed by atoms with Gasteiger partial charge in [-0.25, -0.2) is 0 Å². The lowest BCUT2D eigenvalue weighted by molar-refractivity contribution is 0.194. The van der Waals surface area contributed by atoms with Crippen LogP contribution in [0.15, 0.2) is 24.3 Å². The summed E-state index contributed by atoms with van der Waals surface area (Å²) in [4.78, 5) is 2.53. The Balaban J connectivity index is 1.66. The summed E-state index contributed by atoms with van der Waals surface area (Å²) in [5.41, 5.74) is 2.90. The van der Waals surface area contributed by atoms with Gasteiger partial charge >= 0.3 is 0 Å². The van der Waals surface area contributed by atoms with Crippen LogP contribution < -0.4 is 5.32 Å². The second kappa shape index (κ2) is 5.83. The molecular weight excluding hydrogens is 224 g/mol. The van der Waals surface area contributed by atoms with Crippen molar-refractivity contribution in [3.8, 4) is 0 Å². The highest BCUT2D eigenvalue weighted by Crippen LogP contribution is 2.25. The van der Waals surface area contributed by atoms with Gasteiger partial charge in [0.2, 0.25) is 0 Å². The summed E-state index contributed by atoms with van der Waals surface area (Å²) in [6, 6.07) is 9.08. The maximum absolute atomic E-state index is 5.48. The monoisotopic (exact) mass is 246 g/mol. The summed E-state index contributed by atoms with van der Waals surface area (Å²) >= 11 is 0. The highest BCUT2D eigenvalue weighted by Gasteiger charge is 2.18. The Morgan fingerprint density at radius 3 is 2.94 bits per heavy atom. The van der Waals surface area contributed by atoms with Gasteiger partial charge < -0.3 is 10.1 Å². The highest BCUT2D eigenvalue weighted by molar-refractivity contribution is 5.27. The molecule has 0 spiro atoms. The van der Waals surface area contributed by atoms with Gasteiger partial charge in [0.05, 0.1) is 6.61 Å². The molecule has 0 aliphatic carbocycles. The Hall–Kier alpha value is -0.900. The van der Waals surface area contributed by atoms with Crippen molar-refractivity contribution in [1.29, 1.82) is 0 Å². The van der Waals surface area contributed by atoms with E-state index in [1.807, 2.05) is 0 Å². The van der Waals surface area contributed by atoms with E-state index in [1.54, 1.807) is 0 Å². The first-order chi connectivity index (χ1) is 8.92. The Bertz CT molecular complexity index is 382. The van der Waals surface area contributed by atoms with Gasteiger partial charge in [-0.2, -0.15) is 0 Å². The van der Waals surface area contributed by atoms with Gasteiger partial charge in [-0.05, 0) is 17.5 Å². The molecule has 1 aromatic carbocycles. The quantitative estimate of drug-likeness (QED) is 0.876. The highest BCUT2D eigenvalue weighted by atomic mass is 16.5. The number of rotatable bonds is 3. The predicted octanol–water partition coefficient (Wildman–Crippen LogP) is 1.60. The molecule has 3 rings (SSSR count).